The molecule has 0 spiro atoms. The van der Waals surface area contributed by atoms with Gasteiger partial charge in [0.15, 0.2) is 11.6 Å². The number of anilines is 2. The molecule has 5 rings (SSSR count). The Labute approximate surface area is 329 Å². The molecule has 2 amide bonds. The van der Waals surface area contributed by atoms with Gasteiger partial charge in [-0.3, -0.25) is 15.0 Å². The minimum absolute atomic E-state index is 0.0640. The maximum absolute atomic E-state index is 12.9. The number of amides is 2. The summed E-state index contributed by atoms with van der Waals surface area (Å²) in [5.41, 5.74) is 5.97. The van der Waals surface area contributed by atoms with Gasteiger partial charge in [0.1, 0.15) is 21.2 Å². The first-order valence-electron chi connectivity index (χ1n) is 14.7. The largest absolute Gasteiger partial charge is 0.481 e. The van der Waals surface area contributed by atoms with E-state index in [4.69, 9.17) is 65.3 Å². The number of hydrogen-bond acceptors (Lipinski definition) is 15. The van der Waals surface area contributed by atoms with Gasteiger partial charge in [-0.15, -0.1) is 0 Å². The number of nitrogens with zero attached hydrogens (tertiary/aromatic N) is 6. The number of rotatable bonds is 10. The summed E-state index contributed by atoms with van der Waals surface area (Å²) in [4.78, 5) is 59.2. The van der Waals surface area contributed by atoms with Crippen LogP contribution in [0.25, 0.3) is 10.9 Å². The van der Waals surface area contributed by atoms with E-state index in [0.717, 1.165) is 21.8 Å². The number of benzene rings is 1. The minimum atomic E-state index is -4.53. The molecule has 21 nitrogen and oxygen atoms in total. The average Bonchev–Trinajstić information content (AvgIpc) is 3.54. The number of aromatic carboxylic acids is 2. The molecular formula is C30H27Cl3FN9O12S. The molecule has 0 saturated heterocycles. The SMILES string of the molecule is COc1cc(OC)nc(NC(=O)NS(=O)(=O)c2c(C(=O)O)cnn2C)n1.Cc1cnc2c(C(=O)O)c(Cl)ccc2c1.Nc1c(Cl)c(F)nc(OCC(=O)O)c1Cl. The van der Waals surface area contributed by atoms with Crippen LogP contribution in [0.2, 0.25) is 15.1 Å². The first-order chi connectivity index (χ1) is 26.2. The minimum Gasteiger partial charge on any atom is -0.481 e. The number of pyridine rings is 2. The Morgan fingerprint density at radius 2 is 1.57 bits per heavy atom. The van der Waals surface area contributed by atoms with Crippen molar-refractivity contribution in [2.75, 3.05) is 31.9 Å². The maximum Gasteiger partial charge on any atom is 0.341 e. The fourth-order valence-electron chi connectivity index (χ4n) is 4.08. The fourth-order valence-corrected chi connectivity index (χ4v) is 5.91. The zero-order valence-electron chi connectivity index (χ0n) is 28.9. The van der Waals surface area contributed by atoms with Crippen molar-refractivity contribution in [1.82, 2.24) is 34.4 Å². The Morgan fingerprint density at radius 3 is 2.12 bits per heavy atom. The predicted octanol–water partition coefficient (Wildman–Crippen LogP) is 3.90. The van der Waals surface area contributed by atoms with Crippen LogP contribution in [0.1, 0.15) is 26.3 Å². The number of hydrogen-bond donors (Lipinski definition) is 6. The van der Waals surface area contributed by atoms with E-state index < -0.39 is 68.0 Å². The Bertz CT molecular complexity index is 2420. The predicted molar refractivity (Wildman–Crippen MR) is 195 cm³/mol. The van der Waals surface area contributed by atoms with E-state index >= 15 is 0 Å². The van der Waals surface area contributed by atoms with Crippen molar-refractivity contribution in [2.24, 2.45) is 7.05 Å². The maximum atomic E-state index is 12.9. The van der Waals surface area contributed by atoms with E-state index in [1.807, 2.05) is 13.0 Å². The lowest BCUT2D eigenvalue weighted by Crippen LogP contribution is -2.36. The number of ether oxygens (including phenoxy) is 3. The topological polar surface area (TPSA) is 310 Å². The van der Waals surface area contributed by atoms with Gasteiger partial charge in [-0.25, -0.2) is 23.9 Å². The first kappa shape index (κ1) is 44.1. The Balaban J connectivity index is 0.000000240. The number of methoxy groups -OCH3 is 2. The molecule has 26 heteroatoms. The number of nitrogens with one attached hydrogen (secondary N) is 2. The number of urea groups is 1. The number of carbonyl (C=O) groups is 4. The van der Waals surface area contributed by atoms with Gasteiger partial charge in [0, 0.05) is 18.6 Å². The summed E-state index contributed by atoms with van der Waals surface area (Å²) in [5.74, 6) is -5.46. The Kier molecular flexibility index (Phi) is 14.8. The zero-order chi connectivity index (χ0) is 42.1. The third kappa shape index (κ3) is 11.1. The number of sulfonamides is 1. The van der Waals surface area contributed by atoms with Crippen LogP contribution in [-0.2, 0) is 21.9 Å². The van der Waals surface area contributed by atoms with Crippen LogP contribution in [0.5, 0.6) is 17.6 Å². The summed E-state index contributed by atoms with van der Waals surface area (Å²) in [6, 6.07) is 5.34. The molecule has 5 aromatic rings. The van der Waals surface area contributed by atoms with Gasteiger partial charge in [0.05, 0.1) is 42.7 Å². The van der Waals surface area contributed by atoms with Crippen molar-refractivity contribution in [2.45, 2.75) is 11.9 Å². The highest BCUT2D eigenvalue weighted by molar-refractivity contribution is 7.90. The number of carboxylic acids is 3. The van der Waals surface area contributed by atoms with E-state index in [2.05, 4.69) is 35.1 Å². The van der Waals surface area contributed by atoms with Gasteiger partial charge in [0.25, 0.3) is 10.0 Å². The normalized spacial score (nSPS) is 10.6. The van der Waals surface area contributed by atoms with Crippen molar-refractivity contribution >= 4 is 91.3 Å². The number of carboxylic acid groups (broad SMARTS) is 3. The quantitative estimate of drug-likeness (QED) is 0.108. The monoisotopic (exact) mass is 861 g/mol. The van der Waals surface area contributed by atoms with Crippen LogP contribution < -0.4 is 30.0 Å². The molecule has 0 aliphatic carbocycles. The van der Waals surface area contributed by atoms with E-state index in [9.17, 15) is 32.0 Å². The number of fused-ring (bicyclic) bond motifs is 1. The average molecular weight is 863 g/mol. The lowest BCUT2D eigenvalue weighted by Gasteiger charge is -2.10. The summed E-state index contributed by atoms with van der Waals surface area (Å²) < 4.78 is 54.4. The smallest absolute Gasteiger partial charge is 0.341 e. The molecule has 4 aromatic heterocycles. The van der Waals surface area contributed by atoms with Crippen LogP contribution in [0.15, 0.2) is 41.7 Å². The number of aromatic nitrogens is 6. The van der Waals surface area contributed by atoms with Crippen LogP contribution in [-0.4, -0.2) is 98.2 Å². The molecule has 0 bridgehead atoms. The Morgan fingerprint density at radius 1 is 0.946 bits per heavy atom. The lowest BCUT2D eigenvalue weighted by molar-refractivity contribution is -0.139. The summed E-state index contributed by atoms with van der Waals surface area (Å²) in [6.45, 7) is 1.20. The standard InChI is InChI=1S/C12H14N6O7S.C11H8ClNO2.C7H5Cl2FN2O3/c1-18-9(6(5-13-18)10(19)20)26(22,23)17-12(21)16-11-14-7(24-2)4-8(15-11)25-3;1-6-4-7-2-3-8(12)9(11(14)15)10(7)13-5-6;8-3-5(11)4(9)7(12-6(3)10)15-1-2(13)14/h4-5H,1-3H3,(H,19,20)(H2,14,15,16,17,21);2-5H,1H3,(H,14,15);1H2,(H2,11,12)(H,13,14). The Hall–Kier alpha value is -6.30. The molecule has 56 heavy (non-hydrogen) atoms. The fraction of sp³-hybridized carbons (Fsp3) is 0.167. The highest BCUT2D eigenvalue weighted by Crippen LogP contribution is 2.35. The summed E-state index contributed by atoms with van der Waals surface area (Å²) in [6.07, 6.45) is 2.48. The summed E-state index contributed by atoms with van der Waals surface area (Å²) in [7, 11) is -0.667. The molecule has 0 saturated carbocycles. The molecular weight excluding hydrogens is 836 g/mol. The molecule has 0 aliphatic heterocycles. The molecule has 0 radical (unpaired) electrons. The lowest BCUT2D eigenvalue weighted by atomic mass is 10.1. The molecule has 0 unspecified atom stereocenters. The molecule has 298 valence electrons. The van der Waals surface area contributed by atoms with Gasteiger partial charge in [-0.1, -0.05) is 40.9 Å². The third-order valence-electron chi connectivity index (χ3n) is 6.45. The number of aliphatic carboxylic acids is 1. The van der Waals surface area contributed by atoms with Gasteiger partial charge < -0.3 is 35.3 Å². The van der Waals surface area contributed by atoms with Crippen LogP contribution in [0.3, 0.4) is 0 Å². The zero-order valence-corrected chi connectivity index (χ0v) is 32.0. The molecule has 7 N–H and O–H groups in total. The molecule has 0 fully saturated rings. The second-order valence-electron chi connectivity index (χ2n) is 10.4. The second kappa shape index (κ2) is 18.8. The van der Waals surface area contributed by atoms with E-state index in [1.54, 1.807) is 23.1 Å². The first-order valence-corrected chi connectivity index (χ1v) is 17.3. The van der Waals surface area contributed by atoms with Crippen molar-refractivity contribution < 1.29 is 61.5 Å². The number of halogens is 4. The number of nitrogen functional groups attached to an aromatic ring is 1. The van der Waals surface area contributed by atoms with Gasteiger partial charge in [0.2, 0.25) is 29.5 Å². The van der Waals surface area contributed by atoms with Crippen LogP contribution in [0, 0.1) is 12.9 Å². The summed E-state index contributed by atoms with van der Waals surface area (Å²) in [5, 5.41) is 31.7. The molecule has 0 atom stereocenters. The van der Waals surface area contributed by atoms with Crippen molar-refractivity contribution in [1.29, 1.82) is 0 Å². The number of nitrogens with two attached hydrogens (primary N) is 1. The molecule has 0 aliphatic rings. The summed E-state index contributed by atoms with van der Waals surface area (Å²) >= 11 is 16.8. The van der Waals surface area contributed by atoms with Crippen LogP contribution >= 0.6 is 34.8 Å². The van der Waals surface area contributed by atoms with Gasteiger partial charge in [-0.05, 0) is 24.6 Å². The molecule has 4 heterocycles. The van der Waals surface area contributed by atoms with Gasteiger partial charge >= 0.3 is 23.9 Å². The van der Waals surface area contributed by atoms with Crippen molar-refractivity contribution in [3.63, 3.8) is 0 Å². The van der Waals surface area contributed by atoms with E-state index in [1.165, 1.54) is 27.3 Å². The highest BCUT2D eigenvalue weighted by Gasteiger charge is 2.29. The van der Waals surface area contributed by atoms with E-state index in [-0.39, 0.29) is 39.0 Å². The van der Waals surface area contributed by atoms with Crippen molar-refractivity contribution in [3.8, 4) is 17.6 Å². The second-order valence-corrected chi connectivity index (χ2v) is 13.1. The van der Waals surface area contributed by atoms with Crippen molar-refractivity contribution in [3.05, 3.63) is 74.4 Å². The van der Waals surface area contributed by atoms with Gasteiger partial charge in [-0.2, -0.15) is 32.9 Å². The van der Waals surface area contributed by atoms with Crippen LogP contribution in [0.4, 0.5) is 20.8 Å². The third-order valence-corrected chi connectivity index (χ3v) is 8.93. The van der Waals surface area contributed by atoms with E-state index in [0.29, 0.717) is 5.52 Å². The highest BCUT2D eigenvalue weighted by atomic mass is 35.5. The molecule has 1 aromatic carbocycles. The number of carbonyl (C=O) groups excluding carboxylic acids is 1. The number of aryl methyl sites for hydroxylation is 2.